The minimum absolute atomic E-state index is 0.0265. The predicted octanol–water partition coefficient (Wildman–Crippen LogP) is 2.95. The highest BCUT2D eigenvalue weighted by molar-refractivity contribution is 5.62. The Balaban J connectivity index is 2.48. The van der Waals surface area contributed by atoms with E-state index >= 15 is 0 Å². The highest BCUT2D eigenvalue weighted by Gasteiger charge is 2.09. The first kappa shape index (κ1) is 12.6. The number of nitrogens with one attached hydrogen (secondary N) is 1. The molecule has 0 unspecified atom stereocenters. The number of aryl methyl sites for hydroxylation is 1. The van der Waals surface area contributed by atoms with Crippen LogP contribution in [0.5, 0.6) is 0 Å². The fourth-order valence-electron chi connectivity index (χ4n) is 2.06. The molecule has 0 fully saturated rings. The molecule has 0 saturated carbocycles. The summed E-state index contributed by atoms with van der Waals surface area (Å²) in [4.78, 5) is 18.8. The summed E-state index contributed by atoms with van der Waals surface area (Å²) in [6.45, 7) is 4.19. The molecule has 3 nitrogen and oxygen atoms in total. The van der Waals surface area contributed by atoms with Crippen molar-refractivity contribution in [1.82, 2.24) is 9.97 Å². The molecule has 0 atom stereocenters. The van der Waals surface area contributed by atoms with Gasteiger partial charge in [0.25, 0.3) is 5.56 Å². The number of nitrogens with zero attached hydrogens (tertiary/aromatic N) is 1. The highest BCUT2D eigenvalue weighted by atomic mass is 16.1. The third-order valence-electron chi connectivity index (χ3n) is 3.08. The Bertz CT molecular complexity index is 570. The van der Waals surface area contributed by atoms with Crippen LogP contribution in [0.25, 0.3) is 11.3 Å². The van der Waals surface area contributed by atoms with Crippen molar-refractivity contribution in [3.63, 3.8) is 0 Å². The Kier molecular flexibility index (Phi) is 3.92. The van der Waals surface area contributed by atoms with E-state index in [1.165, 1.54) is 11.9 Å². The zero-order valence-electron chi connectivity index (χ0n) is 10.9. The lowest BCUT2D eigenvalue weighted by molar-refractivity contribution is 0.888. The Hall–Kier alpha value is -1.90. The predicted molar refractivity (Wildman–Crippen MR) is 73.7 cm³/mol. The summed E-state index contributed by atoms with van der Waals surface area (Å²) in [6, 6.07) is 8.27. The lowest BCUT2D eigenvalue weighted by Gasteiger charge is -2.07. The number of hydrogen-bond donors (Lipinski definition) is 1. The number of benzene rings is 1. The maximum absolute atomic E-state index is 11.8. The van der Waals surface area contributed by atoms with E-state index in [2.05, 4.69) is 35.9 Å². The average molecular weight is 242 g/mol. The van der Waals surface area contributed by atoms with E-state index < -0.39 is 0 Å². The van der Waals surface area contributed by atoms with Crippen molar-refractivity contribution in [2.45, 2.75) is 33.1 Å². The summed E-state index contributed by atoms with van der Waals surface area (Å²) >= 11 is 0. The zero-order valence-corrected chi connectivity index (χ0v) is 10.9. The van der Waals surface area contributed by atoms with E-state index in [1.807, 2.05) is 12.1 Å². The third-order valence-corrected chi connectivity index (χ3v) is 3.08. The fraction of sp³-hybridized carbons (Fsp3) is 0.333. The molecule has 0 amide bonds. The van der Waals surface area contributed by atoms with Crippen LogP contribution in [0.3, 0.4) is 0 Å². The van der Waals surface area contributed by atoms with Gasteiger partial charge in [-0.2, -0.15) is 0 Å². The molecular weight excluding hydrogens is 224 g/mol. The Morgan fingerprint density at radius 3 is 2.50 bits per heavy atom. The van der Waals surface area contributed by atoms with Gasteiger partial charge in [-0.1, -0.05) is 44.5 Å². The molecule has 0 aliphatic rings. The first-order chi connectivity index (χ1) is 8.76. The van der Waals surface area contributed by atoms with Crippen LogP contribution in [0.4, 0.5) is 0 Å². The molecule has 1 N–H and O–H groups in total. The van der Waals surface area contributed by atoms with Crippen LogP contribution in [0.2, 0.25) is 0 Å². The van der Waals surface area contributed by atoms with Gasteiger partial charge in [0.2, 0.25) is 0 Å². The van der Waals surface area contributed by atoms with E-state index in [1.54, 1.807) is 0 Å². The van der Waals surface area contributed by atoms with Crippen molar-refractivity contribution in [3.8, 4) is 11.3 Å². The minimum atomic E-state index is -0.0265. The van der Waals surface area contributed by atoms with Crippen molar-refractivity contribution >= 4 is 0 Å². The van der Waals surface area contributed by atoms with E-state index in [0.717, 1.165) is 36.1 Å². The van der Waals surface area contributed by atoms with Gasteiger partial charge in [0.1, 0.15) is 0 Å². The molecule has 1 aromatic carbocycles. The number of H-pyrrole nitrogens is 1. The molecule has 0 aliphatic heterocycles. The Morgan fingerprint density at radius 2 is 1.89 bits per heavy atom. The zero-order chi connectivity index (χ0) is 13.0. The van der Waals surface area contributed by atoms with Gasteiger partial charge in [0.05, 0.1) is 12.0 Å². The number of rotatable bonds is 4. The van der Waals surface area contributed by atoms with Crippen molar-refractivity contribution < 1.29 is 0 Å². The summed E-state index contributed by atoms with van der Waals surface area (Å²) in [6.07, 6.45) is 4.19. The van der Waals surface area contributed by atoms with Gasteiger partial charge >= 0.3 is 0 Å². The number of hydrogen-bond acceptors (Lipinski definition) is 2. The maximum atomic E-state index is 11.8. The molecule has 2 aromatic rings. The van der Waals surface area contributed by atoms with Crippen LogP contribution in [0.15, 0.2) is 35.4 Å². The van der Waals surface area contributed by atoms with Crippen molar-refractivity contribution in [1.29, 1.82) is 0 Å². The Labute approximate surface area is 107 Å². The SMILES string of the molecule is CCCc1c(-c2ccc(CC)cc2)nc[nH]c1=O. The molecule has 0 radical (unpaired) electrons. The standard InChI is InChI=1S/C15H18N2O/c1-3-5-13-14(16-10-17-15(13)18)12-8-6-11(4-2)7-9-12/h6-10H,3-5H2,1-2H3,(H,16,17,18). The van der Waals surface area contributed by atoms with E-state index in [0.29, 0.717) is 0 Å². The second-order valence-electron chi connectivity index (χ2n) is 4.36. The summed E-state index contributed by atoms with van der Waals surface area (Å²) in [7, 11) is 0. The van der Waals surface area contributed by atoms with E-state index in [4.69, 9.17) is 0 Å². The molecule has 94 valence electrons. The van der Waals surface area contributed by atoms with Crippen LogP contribution in [-0.4, -0.2) is 9.97 Å². The summed E-state index contributed by atoms with van der Waals surface area (Å²) < 4.78 is 0. The quantitative estimate of drug-likeness (QED) is 0.896. The average Bonchev–Trinajstić information content (AvgIpc) is 2.41. The summed E-state index contributed by atoms with van der Waals surface area (Å²) in [5, 5.41) is 0. The van der Waals surface area contributed by atoms with Gasteiger partial charge in [-0.25, -0.2) is 4.98 Å². The Morgan fingerprint density at radius 1 is 1.17 bits per heavy atom. The molecule has 0 bridgehead atoms. The number of aromatic nitrogens is 2. The first-order valence-electron chi connectivity index (χ1n) is 6.42. The lowest BCUT2D eigenvalue weighted by Crippen LogP contribution is -2.14. The van der Waals surface area contributed by atoms with Crippen LogP contribution < -0.4 is 5.56 Å². The number of aromatic amines is 1. The van der Waals surface area contributed by atoms with Gasteiger partial charge in [-0.15, -0.1) is 0 Å². The molecule has 0 saturated heterocycles. The second kappa shape index (κ2) is 5.63. The highest BCUT2D eigenvalue weighted by Crippen LogP contribution is 2.20. The smallest absolute Gasteiger partial charge is 0.254 e. The molecule has 18 heavy (non-hydrogen) atoms. The molecule has 3 heteroatoms. The fourth-order valence-corrected chi connectivity index (χ4v) is 2.06. The van der Waals surface area contributed by atoms with Gasteiger partial charge in [-0.3, -0.25) is 4.79 Å². The summed E-state index contributed by atoms with van der Waals surface area (Å²) in [5.41, 5.74) is 3.87. The third kappa shape index (κ3) is 2.50. The minimum Gasteiger partial charge on any atom is -0.313 e. The topological polar surface area (TPSA) is 45.8 Å². The van der Waals surface area contributed by atoms with E-state index in [-0.39, 0.29) is 5.56 Å². The van der Waals surface area contributed by atoms with Gasteiger partial charge in [0, 0.05) is 11.1 Å². The molecular formula is C15H18N2O. The van der Waals surface area contributed by atoms with Crippen molar-refractivity contribution in [3.05, 3.63) is 52.1 Å². The van der Waals surface area contributed by atoms with Crippen molar-refractivity contribution in [2.24, 2.45) is 0 Å². The van der Waals surface area contributed by atoms with Gasteiger partial charge in [0.15, 0.2) is 0 Å². The monoisotopic (exact) mass is 242 g/mol. The van der Waals surface area contributed by atoms with E-state index in [9.17, 15) is 4.79 Å². The van der Waals surface area contributed by atoms with Crippen molar-refractivity contribution in [2.75, 3.05) is 0 Å². The first-order valence-corrected chi connectivity index (χ1v) is 6.42. The lowest BCUT2D eigenvalue weighted by atomic mass is 10.0. The molecule has 0 aliphatic carbocycles. The molecule has 1 aromatic heterocycles. The van der Waals surface area contributed by atoms with Gasteiger partial charge < -0.3 is 4.98 Å². The van der Waals surface area contributed by atoms with Crippen LogP contribution in [-0.2, 0) is 12.8 Å². The molecule has 1 heterocycles. The van der Waals surface area contributed by atoms with Gasteiger partial charge in [-0.05, 0) is 18.4 Å². The second-order valence-corrected chi connectivity index (χ2v) is 4.36. The molecule has 0 spiro atoms. The maximum Gasteiger partial charge on any atom is 0.254 e. The van der Waals surface area contributed by atoms with Crippen LogP contribution in [0.1, 0.15) is 31.4 Å². The largest absolute Gasteiger partial charge is 0.313 e. The van der Waals surface area contributed by atoms with Crippen LogP contribution in [0, 0.1) is 0 Å². The van der Waals surface area contributed by atoms with Crippen LogP contribution >= 0.6 is 0 Å². The molecule has 2 rings (SSSR count). The summed E-state index contributed by atoms with van der Waals surface area (Å²) in [5.74, 6) is 0. The normalized spacial score (nSPS) is 10.6.